The number of anilines is 1. The Labute approximate surface area is 234 Å². The average molecular weight is 540 g/mol. The van der Waals surface area contributed by atoms with Gasteiger partial charge in [-0.1, -0.05) is 60.7 Å². The number of carbonyl (C=O) groups is 3. The summed E-state index contributed by atoms with van der Waals surface area (Å²) in [7, 11) is 1.60. The molecule has 206 valence electrons. The minimum absolute atomic E-state index is 0.0775. The van der Waals surface area contributed by atoms with Crippen LogP contribution in [0, 0.1) is 17.8 Å². The number of esters is 2. The zero-order valence-corrected chi connectivity index (χ0v) is 22.7. The molecule has 0 saturated carbocycles. The van der Waals surface area contributed by atoms with Crippen molar-refractivity contribution < 1.29 is 28.6 Å². The van der Waals surface area contributed by atoms with E-state index in [1.165, 1.54) is 0 Å². The first-order chi connectivity index (χ1) is 19.5. The summed E-state index contributed by atoms with van der Waals surface area (Å²) in [6.07, 6.45) is 2.06. The highest BCUT2D eigenvalue weighted by atomic mass is 16.5. The van der Waals surface area contributed by atoms with Crippen LogP contribution in [0.1, 0.15) is 18.1 Å². The number of hydrogen-bond donors (Lipinski definition) is 0. The molecule has 5 rings (SSSR count). The molecule has 7 nitrogen and oxygen atoms in total. The number of rotatable bonds is 9. The number of carbonyl (C=O) groups excluding carboxylic acids is 3. The number of piperidine rings is 1. The Bertz CT molecular complexity index is 1370. The second kappa shape index (κ2) is 12.2. The van der Waals surface area contributed by atoms with E-state index in [4.69, 9.17) is 14.2 Å². The van der Waals surface area contributed by atoms with Crippen LogP contribution in [0.25, 0.3) is 0 Å². The van der Waals surface area contributed by atoms with Crippen molar-refractivity contribution in [1.82, 2.24) is 0 Å². The van der Waals surface area contributed by atoms with E-state index in [9.17, 15) is 14.4 Å². The van der Waals surface area contributed by atoms with Gasteiger partial charge in [0.05, 0.1) is 13.7 Å². The van der Waals surface area contributed by atoms with Crippen molar-refractivity contribution in [3.8, 4) is 5.75 Å². The van der Waals surface area contributed by atoms with Crippen molar-refractivity contribution in [3.63, 3.8) is 0 Å². The summed E-state index contributed by atoms with van der Waals surface area (Å²) >= 11 is 0. The first-order valence-electron chi connectivity index (χ1n) is 13.6. The molecule has 0 amide bonds. The molecular weight excluding hydrogens is 506 g/mol. The van der Waals surface area contributed by atoms with Gasteiger partial charge in [0.1, 0.15) is 24.3 Å². The third-order valence-corrected chi connectivity index (χ3v) is 7.70. The van der Waals surface area contributed by atoms with Gasteiger partial charge >= 0.3 is 11.9 Å². The number of benzene rings is 3. The molecule has 40 heavy (non-hydrogen) atoms. The van der Waals surface area contributed by atoms with Crippen molar-refractivity contribution in [2.45, 2.75) is 26.0 Å². The van der Waals surface area contributed by atoms with Crippen LogP contribution in [0.15, 0.2) is 96.6 Å². The standard InChI is InChI=1S/C33H33NO6/c1-3-39-33(37)31-27(18-22-10-6-4-7-11-22)29-24(20-34(31)25-14-16-26(38-2)17-15-25)19-28(35)30(29)32(36)40-21-23-12-8-5-9-13-23/h4-17,19,27,29-31H,3,18,20-21H2,1-2H3/t27-,29+,30-,31+/m1/s1. The fraction of sp³-hybridized carbons (Fsp3) is 0.303. The van der Waals surface area contributed by atoms with E-state index in [2.05, 4.69) is 0 Å². The monoisotopic (exact) mass is 539 g/mol. The number of allylic oxidation sites excluding steroid dienone is 1. The number of methoxy groups -OCH3 is 1. The lowest BCUT2D eigenvalue weighted by Gasteiger charge is -2.46. The zero-order chi connectivity index (χ0) is 28.1. The first kappa shape index (κ1) is 27.2. The smallest absolute Gasteiger partial charge is 0.329 e. The van der Waals surface area contributed by atoms with Gasteiger partial charge in [-0.05, 0) is 60.4 Å². The van der Waals surface area contributed by atoms with E-state index < -0.39 is 29.8 Å². The number of hydrogen-bond acceptors (Lipinski definition) is 7. The predicted octanol–water partition coefficient (Wildman–Crippen LogP) is 4.79. The lowest BCUT2D eigenvalue weighted by molar-refractivity contribution is -0.156. The Morgan fingerprint density at radius 2 is 1.50 bits per heavy atom. The van der Waals surface area contributed by atoms with Crippen LogP contribution < -0.4 is 9.64 Å². The third kappa shape index (κ3) is 5.64. The number of ether oxygens (including phenoxy) is 3. The van der Waals surface area contributed by atoms with Crippen molar-refractivity contribution >= 4 is 23.4 Å². The number of fused-ring (bicyclic) bond motifs is 1. The second-order valence-corrected chi connectivity index (χ2v) is 10.1. The molecule has 0 radical (unpaired) electrons. The Hall–Kier alpha value is -4.39. The maximum Gasteiger partial charge on any atom is 0.329 e. The maximum atomic E-state index is 13.7. The maximum absolute atomic E-state index is 13.7. The fourth-order valence-electron chi connectivity index (χ4n) is 5.92. The van der Waals surface area contributed by atoms with E-state index >= 15 is 0 Å². The molecule has 1 aliphatic heterocycles. The quantitative estimate of drug-likeness (QED) is 0.286. The molecule has 0 N–H and O–H groups in total. The normalized spacial score (nSPS) is 21.8. The largest absolute Gasteiger partial charge is 0.497 e. The molecule has 3 aromatic rings. The number of nitrogens with zero attached hydrogens (tertiary/aromatic N) is 1. The molecule has 0 aromatic heterocycles. The van der Waals surface area contributed by atoms with Gasteiger partial charge in [0.25, 0.3) is 0 Å². The number of ketones is 1. The van der Waals surface area contributed by atoms with Crippen LogP contribution in [0.3, 0.4) is 0 Å². The van der Waals surface area contributed by atoms with E-state index in [-0.39, 0.29) is 25.0 Å². The lowest BCUT2D eigenvalue weighted by Crippen LogP contribution is -2.57. The van der Waals surface area contributed by atoms with Gasteiger partial charge in [-0.15, -0.1) is 0 Å². The Balaban J connectivity index is 1.53. The Morgan fingerprint density at radius 1 is 0.850 bits per heavy atom. The van der Waals surface area contributed by atoms with E-state index in [1.807, 2.05) is 89.8 Å². The van der Waals surface area contributed by atoms with Crippen LogP contribution >= 0.6 is 0 Å². The first-order valence-corrected chi connectivity index (χ1v) is 13.6. The molecule has 0 bridgehead atoms. The van der Waals surface area contributed by atoms with Gasteiger partial charge in [0.15, 0.2) is 5.78 Å². The highest BCUT2D eigenvalue weighted by Gasteiger charge is 2.54. The SMILES string of the molecule is CCOC(=O)[C@@H]1[C@H](Cc2ccccc2)[C@@H]2C(=CC(=O)[C@H]2C(=O)OCc2ccccc2)CN1c1ccc(OC)cc1. The van der Waals surface area contributed by atoms with Gasteiger partial charge in [0.2, 0.25) is 0 Å². The molecule has 2 aliphatic rings. The van der Waals surface area contributed by atoms with Crippen molar-refractivity contribution in [2.75, 3.05) is 25.2 Å². The predicted molar refractivity (Wildman–Crippen MR) is 151 cm³/mol. The highest BCUT2D eigenvalue weighted by molar-refractivity contribution is 6.08. The van der Waals surface area contributed by atoms with Gasteiger partial charge in [0, 0.05) is 24.1 Å². The molecule has 0 spiro atoms. The van der Waals surface area contributed by atoms with Crippen LogP contribution in [-0.2, 0) is 36.9 Å². The Kier molecular flexibility index (Phi) is 8.29. The average Bonchev–Trinajstić information content (AvgIpc) is 3.32. The lowest BCUT2D eigenvalue weighted by atomic mass is 9.70. The summed E-state index contributed by atoms with van der Waals surface area (Å²) in [6.45, 7) is 2.39. The molecule has 3 aromatic carbocycles. The van der Waals surface area contributed by atoms with E-state index in [0.29, 0.717) is 18.7 Å². The molecular formula is C33H33NO6. The van der Waals surface area contributed by atoms with Crippen molar-refractivity contribution in [1.29, 1.82) is 0 Å². The van der Waals surface area contributed by atoms with Crippen LogP contribution in [0.5, 0.6) is 5.75 Å². The third-order valence-electron chi connectivity index (χ3n) is 7.70. The van der Waals surface area contributed by atoms with Crippen LogP contribution in [0.2, 0.25) is 0 Å². The zero-order valence-electron chi connectivity index (χ0n) is 22.7. The Morgan fingerprint density at radius 3 is 2.12 bits per heavy atom. The van der Waals surface area contributed by atoms with Gasteiger partial charge in [-0.3, -0.25) is 9.59 Å². The molecule has 1 fully saturated rings. The van der Waals surface area contributed by atoms with Crippen molar-refractivity contribution in [3.05, 3.63) is 108 Å². The van der Waals surface area contributed by atoms with E-state index in [1.54, 1.807) is 20.1 Å². The van der Waals surface area contributed by atoms with Gasteiger partial charge in [-0.25, -0.2) is 4.79 Å². The van der Waals surface area contributed by atoms with Crippen LogP contribution in [0.4, 0.5) is 5.69 Å². The topological polar surface area (TPSA) is 82.1 Å². The summed E-state index contributed by atoms with van der Waals surface area (Å²) in [5.41, 5.74) is 3.48. The summed E-state index contributed by atoms with van der Waals surface area (Å²) in [5, 5.41) is 0. The molecule has 0 unspecified atom stereocenters. The molecule has 7 heteroatoms. The molecule has 1 heterocycles. The van der Waals surface area contributed by atoms with E-state index in [0.717, 1.165) is 22.4 Å². The van der Waals surface area contributed by atoms with Gasteiger partial charge in [-0.2, -0.15) is 0 Å². The minimum Gasteiger partial charge on any atom is -0.497 e. The van der Waals surface area contributed by atoms with Crippen LogP contribution in [-0.4, -0.2) is 44.0 Å². The second-order valence-electron chi connectivity index (χ2n) is 10.1. The van der Waals surface area contributed by atoms with Crippen molar-refractivity contribution in [2.24, 2.45) is 17.8 Å². The summed E-state index contributed by atoms with van der Waals surface area (Å²) in [6, 6.07) is 26.0. The summed E-state index contributed by atoms with van der Waals surface area (Å²) < 4.78 is 16.6. The minimum atomic E-state index is -1.01. The molecule has 4 atom stereocenters. The molecule has 1 aliphatic carbocycles. The summed E-state index contributed by atoms with van der Waals surface area (Å²) in [4.78, 5) is 42.5. The fourth-order valence-corrected chi connectivity index (χ4v) is 5.92. The highest BCUT2D eigenvalue weighted by Crippen LogP contribution is 2.46. The van der Waals surface area contributed by atoms with Gasteiger partial charge < -0.3 is 19.1 Å². The molecule has 1 saturated heterocycles. The summed E-state index contributed by atoms with van der Waals surface area (Å²) in [5.74, 6) is -2.44.